The standard InChI is InChI=1S/C23H34FN5O2/c1-14(31-18-6-4-3-5-7-18)20(25)10-11-27-23-19(22(26)28-15(2)30)12-16-8-9-17(24)13-21(16)29-23/h8-9,12-15,18,20,30H,3-7,10-11,25H2,1-2H3,(H2,26,28)(H,27,29). The zero-order chi connectivity index (χ0) is 22.4. The molecule has 1 saturated carbocycles. The van der Waals surface area contributed by atoms with E-state index >= 15 is 0 Å². The minimum absolute atomic E-state index is 0.0371. The molecule has 6 N–H and O–H groups in total. The molecule has 3 atom stereocenters. The van der Waals surface area contributed by atoms with Gasteiger partial charge < -0.3 is 26.6 Å². The second-order valence-electron chi connectivity index (χ2n) is 8.35. The predicted octanol–water partition coefficient (Wildman–Crippen LogP) is 3.28. The van der Waals surface area contributed by atoms with Crippen LogP contribution in [-0.4, -0.2) is 46.9 Å². The van der Waals surface area contributed by atoms with E-state index in [2.05, 4.69) is 15.3 Å². The molecule has 8 heteroatoms. The molecular formula is C23H34FN5O2. The van der Waals surface area contributed by atoms with Gasteiger partial charge in [-0.3, -0.25) is 0 Å². The van der Waals surface area contributed by atoms with E-state index in [-0.39, 0.29) is 23.8 Å². The smallest absolute Gasteiger partial charge is 0.144 e. The first-order valence-corrected chi connectivity index (χ1v) is 11.1. The zero-order valence-corrected chi connectivity index (χ0v) is 18.4. The molecule has 1 aliphatic carbocycles. The molecule has 0 bridgehead atoms. The van der Waals surface area contributed by atoms with Crippen LogP contribution in [0.4, 0.5) is 10.2 Å². The molecule has 1 heterocycles. The van der Waals surface area contributed by atoms with E-state index in [1.54, 1.807) is 12.1 Å². The van der Waals surface area contributed by atoms with Gasteiger partial charge in [0.25, 0.3) is 0 Å². The van der Waals surface area contributed by atoms with Crippen LogP contribution < -0.4 is 16.8 Å². The number of halogens is 1. The maximum Gasteiger partial charge on any atom is 0.144 e. The van der Waals surface area contributed by atoms with Gasteiger partial charge in [0, 0.05) is 24.0 Å². The van der Waals surface area contributed by atoms with Gasteiger partial charge in [0.1, 0.15) is 23.7 Å². The Morgan fingerprint density at radius 3 is 2.74 bits per heavy atom. The van der Waals surface area contributed by atoms with Crippen LogP contribution in [0.25, 0.3) is 10.9 Å². The number of aliphatic hydroxyl groups excluding tert-OH is 1. The molecule has 0 spiro atoms. The lowest BCUT2D eigenvalue weighted by molar-refractivity contribution is -0.0324. The van der Waals surface area contributed by atoms with E-state index in [0.29, 0.717) is 36.0 Å². The number of aliphatic hydroxyl groups is 1. The van der Waals surface area contributed by atoms with Crippen molar-refractivity contribution < 1.29 is 14.2 Å². The lowest BCUT2D eigenvalue weighted by Gasteiger charge is -2.29. The van der Waals surface area contributed by atoms with Crippen molar-refractivity contribution >= 4 is 22.6 Å². The van der Waals surface area contributed by atoms with Crippen LogP contribution in [-0.2, 0) is 4.74 Å². The molecule has 7 nitrogen and oxygen atoms in total. The quantitative estimate of drug-likeness (QED) is 0.357. The van der Waals surface area contributed by atoms with Gasteiger partial charge in [-0.1, -0.05) is 19.3 Å². The molecule has 170 valence electrons. The molecule has 0 aliphatic heterocycles. The number of anilines is 1. The summed E-state index contributed by atoms with van der Waals surface area (Å²) in [7, 11) is 0. The number of hydrogen-bond acceptors (Lipinski definition) is 6. The highest BCUT2D eigenvalue weighted by molar-refractivity contribution is 6.04. The third-order valence-electron chi connectivity index (χ3n) is 5.71. The number of aromatic nitrogens is 1. The summed E-state index contributed by atoms with van der Waals surface area (Å²) in [6.45, 7) is 4.09. The van der Waals surface area contributed by atoms with Gasteiger partial charge in [-0.15, -0.1) is 0 Å². The zero-order valence-electron chi connectivity index (χ0n) is 18.4. The summed E-state index contributed by atoms with van der Waals surface area (Å²) < 4.78 is 19.8. The van der Waals surface area contributed by atoms with Gasteiger partial charge in [0.15, 0.2) is 0 Å². The first-order valence-electron chi connectivity index (χ1n) is 11.1. The fraction of sp³-hybridized carbons (Fsp3) is 0.565. The average Bonchev–Trinajstić information content (AvgIpc) is 2.73. The fourth-order valence-corrected chi connectivity index (χ4v) is 3.94. The number of hydrogen-bond donors (Lipinski definition) is 4. The number of aliphatic imine (C=N–C) groups is 1. The Labute approximate surface area is 183 Å². The van der Waals surface area contributed by atoms with Gasteiger partial charge >= 0.3 is 0 Å². The Balaban J connectivity index is 1.68. The number of ether oxygens (including phenoxy) is 1. The summed E-state index contributed by atoms with van der Waals surface area (Å²) in [5.74, 6) is 0.280. The summed E-state index contributed by atoms with van der Waals surface area (Å²) in [5.41, 5.74) is 13.5. The van der Waals surface area contributed by atoms with E-state index in [4.69, 9.17) is 16.2 Å². The number of amidine groups is 1. The summed E-state index contributed by atoms with van der Waals surface area (Å²) >= 11 is 0. The van der Waals surface area contributed by atoms with Crippen molar-refractivity contribution in [3.63, 3.8) is 0 Å². The van der Waals surface area contributed by atoms with Crippen molar-refractivity contribution in [3.05, 3.63) is 35.6 Å². The molecular weight excluding hydrogens is 397 g/mol. The van der Waals surface area contributed by atoms with Gasteiger partial charge in [0.05, 0.1) is 23.3 Å². The predicted molar refractivity (Wildman–Crippen MR) is 123 cm³/mol. The molecule has 3 rings (SSSR count). The fourth-order valence-electron chi connectivity index (χ4n) is 3.94. The molecule has 0 amide bonds. The topological polar surface area (TPSA) is 119 Å². The molecule has 1 aromatic heterocycles. The maximum absolute atomic E-state index is 13.7. The summed E-state index contributed by atoms with van der Waals surface area (Å²) in [6.07, 6.45) is 5.95. The number of nitrogens with one attached hydrogen (secondary N) is 1. The Morgan fingerprint density at radius 2 is 2.03 bits per heavy atom. The minimum atomic E-state index is -0.942. The van der Waals surface area contributed by atoms with Gasteiger partial charge in [-0.05, 0) is 51.3 Å². The molecule has 1 aliphatic rings. The molecule has 1 fully saturated rings. The highest BCUT2D eigenvalue weighted by Crippen LogP contribution is 2.23. The number of pyridine rings is 1. The monoisotopic (exact) mass is 431 g/mol. The second-order valence-corrected chi connectivity index (χ2v) is 8.35. The molecule has 3 unspecified atom stereocenters. The Bertz CT molecular complexity index is 899. The lowest BCUT2D eigenvalue weighted by Crippen LogP contribution is -2.39. The van der Waals surface area contributed by atoms with E-state index < -0.39 is 6.23 Å². The first-order chi connectivity index (χ1) is 14.8. The van der Waals surface area contributed by atoms with Crippen molar-refractivity contribution in [3.8, 4) is 0 Å². The minimum Gasteiger partial charge on any atom is -0.383 e. The van der Waals surface area contributed by atoms with Crippen LogP contribution >= 0.6 is 0 Å². The number of nitrogens with zero attached hydrogens (tertiary/aromatic N) is 2. The lowest BCUT2D eigenvalue weighted by atomic mass is 9.97. The number of benzene rings is 1. The van der Waals surface area contributed by atoms with Crippen molar-refractivity contribution in [1.29, 1.82) is 0 Å². The van der Waals surface area contributed by atoms with Crippen molar-refractivity contribution in [1.82, 2.24) is 4.98 Å². The molecule has 0 saturated heterocycles. The van der Waals surface area contributed by atoms with Crippen LogP contribution in [0.5, 0.6) is 0 Å². The third-order valence-corrected chi connectivity index (χ3v) is 5.71. The molecule has 2 aromatic rings. The Morgan fingerprint density at radius 1 is 1.29 bits per heavy atom. The summed E-state index contributed by atoms with van der Waals surface area (Å²) in [4.78, 5) is 8.55. The second kappa shape index (κ2) is 10.8. The maximum atomic E-state index is 13.7. The van der Waals surface area contributed by atoms with Crippen LogP contribution in [0.3, 0.4) is 0 Å². The molecule has 0 radical (unpaired) electrons. The van der Waals surface area contributed by atoms with Crippen molar-refractivity contribution in [2.45, 2.75) is 76.9 Å². The van der Waals surface area contributed by atoms with E-state index in [9.17, 15) is 9.50 Å². The number of rotatable bonds is 9. The van der Waals surface area contributed by atoms with Crippen LogP contribution in [0.2, 0.25) is 0 Å². The SMILES string of the molecule is CC(O)N=C(N)c1cc2ccc(F)cc2nc1NCCC(N)C(C)OC1CCCCC1. The van der Waals surface area contributed by atoms with Crippen molar-refractivity contribution in [2.24, 2.45) is 16.5 Å². The van der Waals surface area contributed by atoms with Gasteiger partial charge in [-0.2, -0.15) is 0 Å². The highest BCUT2D eigenvalue weighted by atomic mass is 19.1. The van der Waals surface area contributed by atoms with E-state index in [1.165, 1.54) is 38.3 Å². The normalized spacial score (nSPS) is 18.7. The average molecular weight is 432 g/mol. The largest absolute Gasteiger partial charge is 0.383 e. The summed E-state index contributed by atoms with van der Waals surface area (Å²) in [5, 5.41) is 13.6. The van der Waals surface area contributed by atoms with Crippen LogP contribution in [0.1, 0.15) is 57.9 Å². The van der Waals surface area contributed by atoms with Gasteiger partial charge in [0.2, 0.25) is 0 Å². The van der Waals surface area contributed by atoms with E-state index in [0.717, 1.165) is 18.2 Å². The number of fused-ring (bicyclic) bond motifs is 1. The highest BCUT2D eigenvalue weighted by Gasteiger charge is 2.21. The van der Waals surface area contributed by atoms with Crippen molar-refractivity contribution in [2.75, 3.05) is 11.9 Å². The molecule has 1 aromatic carbocycles. The third kappa shape index (κ3) is 6.59. The Kier molecular flexibility index (Phi) is 8.17. The van der Waals surface area contributed by atoms with Gasteiger partial charge in [-0.25, -0.2) is 14.4 Å². The summed E-state index contributed by atoms with van der Waals surface area (Å²) in [6, 6.07) is 6.05. The number of nitrogens with two attached hydrogens (primary N) is 2. The van der Waals surface area contributed by atoms with E-state index in [1.807, 2.05) is 6.92 Å². The Hall–Kier alpha value is -2.29. The van der Waals surface area contributed by atoms with Crippen LogP contribution in [0, 0.1) is 5.82 Å². The van der Waals surface area contributed by atoms with Crippen LogP contribution in [0.15, 0.2) is 29.3 Å². The first kappa shape index (κ1) is 23.4. The molecule has 31 heavy (non-hydrogen) atoms.